The summed E-state index contributed by atoms with van der Waals surface area (Å²) >= 11 is 0. The van der Waals surface area contributed by atoms with Crippen molar-refractivity contribution in [3.63, 3.8) is 0 Å². The number of benzene rings is 4. The van der Waals surface area contributed by atoms with Crippen LogP contribution in [0.15, 0.2) is 97.1 Å². The van der Waals surface area contributed by atoms with Gasteiger partial charge in [0.25, 0.3) is 0 Å². The highest BCUT2D eigenvalue weighted by molar-refractivity contribution is 5.88. The van der Waals surface area contributed by atoms with E-state index in [2.05, 4.69) is 66.8 Å². The fourth-order valence-corrected chi connectivity index (χ4v) is 5.41. The summed E-state index contributed by atoms with van der Waals surface area (Å²) in [6.07, 6.45) is 0.378. The van der Waals surface area contributed by atoms with Crippen molar-refractivity contribution in [2.75, 3.05) is 19.6 Å². The molecule has 1 aliphatic heterocycles. The SMILES string of the molecule is C[C@@H](NCC1CCN(C(=O)Oc2cccc(C(=O)O)c2)CC1c1ccccc1)c1cccc2ccccc12. The number of carboxylic acid groups (broad SMARTS) is 1. The highest BCUT2D eigenvalue weighted by atomic mass is 16.6. The number of amides is 1. The van der Waals surface area contributed by atoms with E-state index >= 15 is 0 Å². The third kappa shape index (κ3) is 5.71. The Kier molecular flexibility index (Phi) is 7.70. The highest BCUT2D eigenvalue weighted by Crippen LogP contribution is 2.33. The Morgan fingerprint density at radius 1 is 0.974 bits per heavy atom. The lowest BCUT2D eigenvalue weighted by Crippen LogP contribution is -2.46. The predicted molar refractivity (Wildman–Crippen MR) is 149 cm³/mol. The van der Waals surface area contributed by atoms with E-state index in [-0.39, 0.29) is 23.3 Å². The molecule has 5 rings (SSSR count). The lowest BCUT2D eigenvalue weighted by Gasteiger charge is -2.39. The first kappa shape index (κ1) is 25.5. The standard InChI is InChI=1S/C32H32N2O4/c1-22(28-16-8-12-23-11-5-6-15-29(23)28)33-20-26-17-18-34(21-30(26)24-9-3-2-4-10-24)32(37)38-27-14-7-13-25(19-27)31(35)36/h2-16,19,22,26,30,33H,17-18,20-21H2,1H3,(H,35,36)/t22-,26?,30?/m1/s1. The maximum Gasteiger partial charge on any atom is 0.415 e. The van der Waals surface area contributed by atoms with Gasteiger partial charge in [0.2, 0.25) is 0 Å². The van der Waals surface area contributed by atoms with Crippen LogP contribution in [-0.2, 0) is 0 Å². The monoisotopic (exact) mass is 508 g/mol. The van der Waals surface area contributed by atoms with Crippen LogP contribution >= 0.6 is 0 Å². The number of rotatable bonds is 7. The number of hydrogen-bond acceptors (Lipinski definition) is 4. The Morgan fingerprint density at radius 3 is 2.53 bits per heavy atom. The number of fused-ring (bicyclic) bond motifs is 1. The molecule has 4 aromatic rings. The minimum Gasteiger partial charge on any atom is -0.478 e. The molecule has 194 valence electrons. The second kappa shape index (κ2) is 11.5. The summed E-state index contributed by atoms with van der Waals surface area (Å²) in [6.45, 7) is 4.15. The van der Waals surface area contributed by atoms with E-state index in [0.717, 1.165) is 13.0 Å². The Labute approximate surface area is 222 Å². The normalized spacial score (nSPS) is 18.2. The maximum atomic E-state index is 13.0. The van der Waals surface area contributed by atoms with Gasteiger partial charge >= 0.3 is 12.1 Å². The van der Waals surface area contributed by atoms with Gasteiger partial charge in [-0.1, -0.05) is 78.9 Å². The second-order valence-electron chi connectivity index (χ2n) is 9.91. The molecule has 6 heteroatoms. The van der Waals surface area contributed by atoms with Gasteiger partial charge in [-0.15, -0.1) is 0 Å². The van der Waals surface area contributed by atoms with Gasteiger partial charge in [-0.3, -0.25) is 0 Å². The van der Waals surface area contributed by atoms with Crippen LogP contribution in [0.25, 0.3) is 10.8 Å². The first-order valence-corrected chi connectivity index (χ1v) is 13.1. The summed E-state index contributed by atoms with van der Waals surface area (Å²) in [5.41, 5.74) is 2.56. The number of carbonyl (C=O) groups excluding carboxylic acids is 1. The van der Waals surface area contributed by atoms with E-state index in [0.29, 0.717) is 19.0 Å². The van der Waals surface area contributed by atoms with Gasteiger partial charge in [-0.2, -0.15) is 0 Å². The van der Waals surface area contributed by atoms with Gasteiger partial charge in [0.1, 0.15) is 5.75 Å². The minimum atomic E-state index is -1.06. The number of carboxylic acids is 1. The molecule has 3 atom stereocenters. The lowest BCUT2D eigenvalue weighted by atomic mass is 9.80. The Hall–Kier alpha value is -4.16. The first-order chi connectivity index (χ1) is 18.5. The van der Waals surface area contributed by atoms with Crippen molar-refractivity contribution in [2.45, 2.75) is 25.3 Å². The highest BCUT2D eigenvalue weighted by Gasteiger charge is 2.33. The summed E-state index contributed by atoms with van der Waals surface area (Å²) in [4.78, 5) is 26.1. The molecule has 0 aromatic heterocycles. The molecule has 38 heavy (non-hydrogen) atoms. The molecule has 1 amide bonds. The van der Waals surface area contributed by atoms with Crippen molar-refractivity contribution in [2.24, 2.45) is 5.92 Å². The summed E-state index contributed by atoms with van der Waals surface area (Å²) < 4.78 is 5.57. The predicted octanol–water partition coefficient (Wildman–Crippen LogP) is 6.49. The van der Waals surface area contributed by atoms with E-state index in [1.54, 1.807) is 17.0 Å². The number of carbonyl (C=O) groups is 2. The molecule has 1 fully saturated rings. The fraction of sp³-hybridized carbons (Fsp3) is 0.250. The van der Waals surface area contributed by atoms with E-state index in [4.69, 9.17) is 4.74 Å². The van der Waals surface area contributed by atoms with E-state index in [9.17, 15) is 14.7 Å². The average Bonchev–Trinajstić information content (AvgIpc) is 2.96. The number of aromatic carboxylic acids is 1. The van der Waals surface area contributed by atoms with Crippen LogP contribution in [0.3, 0.4) is 0 Å². The van der Waals surface area contributed by atoms with Gasteiger partial charge < -0.3 is 20.1 Å². The first-order valence-electron chi connectivity index (χ1n) is 13.1. The molecule has 4 aromatic carbocycles. The van der Waals surface area contributed by atoms with Crippen molar-refractivity contribution in [1.82, 2.24) is 10.2 Å². The third-order valence-electron chi connectivity index (χ3n) is 7.50. The zero-order chi connectivity index (χ0) is 26.5. The number of nitrogens with one attached hydrogen (secondary N) is 1. The molecule has 0 saturated carbocycles. The number of nitrogens with zero attached hydrogens (tertiary/aromatic N) is 1. The van der Waals surface area contributed by atoms with Gasteiger partial charge in [-0.05, 0) is 65.9 Å². The Morgan fingerprint density at radius 2 is 1.71 bits per heavy atom. The van der Waals surface area contributed by atoms with Crippen molar-refractivity contribution >= 4 is 22.8 Å². The smallest absolute Gasteiger partial charge is 0.415 e. The van der Waals surface area contributed by atoms with E-state index in [1.165, 1.54) is 34.0 Å². The van der Waals surface area contributed by atoms with Crippen LogP contribution in [0.4, 0.5) is 4.79 Å². The quantitative estimate of drug-likeness (QED) is 0.298. The van der Waals surface area contributed by atoms with Crippen LogP contribution < -0.4 is 10.1 Å². The molecular formula is C32H32N2O4. The number of piperidine rings is 1. The molecule has 0 spiro atoms. The topological polar surface area (TPSA) is 78.9 Å². The van der Waals surface area contributed by atoms with Crippen LogP contribution in [0, 0.1) is 5.92 Å². The van der Waals surface area contributed by atoms with Crippen molar-refractivity contribution in [3.8, 4) is 5.75 Å². The second-order valence-corrected chi connectivity index (χ2v) is 9.91. The van der Waals surface area contributed by atoms with Crippen LogP contribution in [0.5, 0.6) is 5.75 Å². The number of ether oxygens (including phenoxy) is 1. The largest absolute Gasteiger partial charge is 0.478 e. The summed E-state index contributed by atoms with van der Waals surface area (Å²) in [6, 6.07) is 31.4. The van der Waals surface area contributed by atoms with Gasteiger partial charge in [0, 0.05) is 25.0 Å². The lowest BCUT2D eigenvalue weighted by molar-refractivity contribution is 0.0695. The van der Waals surface area contributed by atoms with Crippen LogP contribution in [-0.4, -0.2) is 41.7 Å². The molecule has 6 nitrogen and oxygen atoms in total. The van der Waals surface area contributed by atoms with E-state index in [1.807, 2.05) is 18.2 Å². The molecule has 2 unspecified atom stereocenters. The summed E-state index contributed by atoms with van der Waals surface area (Å²) in [5, 5.41) is 15.5. The molecular weight excluding hydrogens is 476 g/mol. The van der Waals surface area contributed by atoms with Crippen molar-refractivity contribution in [3.05, 3.63) is 114 Å². The summed E-state index contributed by atoms with van der Waals surface area (Å²) in [7, 11) is 0. The van der Waals surface area contributed by atoms with Crippen LogP contribution in [0.2, 0.25) is 0 Å². The molecule has 2 N–H and O–H groups in total. The zero-order valence-electron chi connectivity index (χ0n) is 21.4. The minimum absolute atomic E-state index is 0.0857. The van der Waals surface area contributed by atoms with Crippen LogP contribution in [0.1, 0.15) is 46.8 Å². The zero-order valence-corrected chi connectivity index (χ0v) is 21.4. The molecule has 0 radical (unpaired) electrons. The van der Waals surface area contributed by atoms with E-state index < -0.39 is 12.1 Å². The molecule has 1 aliphatic rings. The van der Waals surface area contributed by atoms with Crippen molar-refractivity contribution in [1.29, 1.82) is 0 Å². The molecule has 1 heterocycles. The van der Waals surface area contributed by atoms with Gasteiger partial charge in [-0.25, -0.2) is 9.59 Å². The Bertz CT molecular complexity index is 1420. The third-order valence-corrected chi connectivity index (χ3v) is 7.50. The molecule has 0 bridgehead atoms. The molecule has 0 aliphatic carbocycles. The van der Waals surface area contributed by atoms with Crippen molar-refractivity contribution < 1.29 is 19.4 Å². The Balaban J connectivity index is 1.29. The number of likely N-dealkylation sites (tertiary alicyclic amines) is 1. The average molecular weight is 509 g/mol. The van der Waals surface area contributed by atoms with Gasteiger partial charge in [0.15, 0.2) is 0 Å². The fourth-order valence-electron chi connectivity index (χ4n) is 5.41. The van der Waals surface area contributed by atoms with Gasteiger partial charge in [0.05, 0.1) is 5.56 Å². The summed E-state index contributed by atoms with van der Waals surface area (Å²) in [5.74, 6) is -0.332. The number of hydrogen-bond donors (Lipinski definition) is 2. The molecule has 1 saturated heterocycles. The maximum absolute atomic E-state index is 13.0.